The first kappa shape index (κ1) is 14.7. The Labute approximate surface area is 121 Å². The van der Waals surface area contributed by atoms with Gasteiger partial charge in [-0.15, -0.1) is 0 Å². The van der Waals surface area contributed by atoms with Gasteiger partial charge in [0.1, 0.15) is 0 Å². The van der Waals surface area contributed by atoms with E-state index in [9.17, 15) is 4.79 Å². The van der Waals surface area contributed by atoms with Crippen molar-refractivity contribution in [1.29, 1.82) is 0 Å². The number of anilines is 3. The molecule has 2 rings (SSSR count). The van der Waals surface area contributed by atoms with E-state index in [2.05, 4.69) is 10.2 Å². The average Bonchev–Trinajstić information content (AvgIpc) is 2.39. The van der Waals surface area contributed by atoms with Gasteiger partial charge in [0.2, 0.25) is 5.91 Å². The Morgan fingerprint density at radius 1 is 1.20 bits per heavy atom. The Balaban J connectivity index is 2.26. The van der Waals surface area contributed by atoms with Crippen LogP contribution in [0.3, 0.4) is 0 Å². The maximum atomic E-state index is 12.2. The zero-order valence-electron chi connectivity index (χ0n) is 12.7. The van der Waals surface area contributed by atoms with Crippen molar-refractivity contribution in [1.82, 2.24) is 0 Å². The topological polar surface area (TPSA) is 58.4 Å². The van der Waals surface area contributed by atoms with E-state index in [0.29, 0.717) is 5.69 Å². The number of nitrogen functional groups attached to an aromatic ring is 1. The van der Waals surface area contributed by atoms with Crippen molar-refractivity contribution in [2.45, 2.75) is 40.0 Å². The number of nitrogens with one attached hydrogen (secondary N) is 1. The molecule has 1 amide bonds. The molecule has 0 bridgehead atoms. The molecule has 0 saturated carbocycles. The highest BCUT2D eigenvalue weighted by molar-refractivity contribution is 5.98. The normalized spacial score (nSPS) is 16.1. The summed E-state index contributed by atoms with van der Waals surface area (Å²) in [6, 6.07) is 5.77. The summed E-state index contributed by atoms with van der Waals surface area (Å²) in [5.74, 6) is 0.0151. The summed E-state index contributed by atoms with van der Waals surface area (Å²) in [7, 11) is 0. The van der Waals surface area contributed by atoms with Crippen LogP contribution in [0, 0.1) is 5.41 Å². The SMILES string of the molecule is CC(C)(C)C(=O)Nc1cc(N)ccc1N1CCCCC1. The van der Waals surface area contributed by atoms with Gasteiger partial charge in [0.05, 0.1) is 11.4 Å². The fourth-order valence-electron chi connectivity index (χ4n) is 2.37. The van der Waals surface area contributed by atoms with Gasteiger partial charge in [0, 0.05) is 24.2 Å². The van der Waals surface area contributed by atoms with Crippen LogP contribution in [0.25, 0.3) is 0 Å². The Hall–Kier alpha value is -1.71. The number of piperidine rings is 1. The molecule has 1 aliphatic rings. The first-order valence-corrected chi connectivity index (χ1v) is 7.34. The summed E-state index contributed by atoms with van der Waals surface area (Å²) in [5, 5.41) is 3.03. The third kappa shape index (κ3) is 3.44. The Morgan fingerprint density at radius 3 is 2.45 bits per heavy atom. The molecular formula is C16H25N3O. The summed E-state index contributed by atoms with van der Waals surface area (Å²) >= 11 is 0. The van der Waals surface area contributed by atoms with Crippen LogP contribution in [0.1, 0.15) is 40.0 Å². The van der Waals surface area contributed by atoms with E-state index in [1.54, 1.807) is 0 Å². The minimum Gasteiger partial charge on any atom is -0.399 e. The minimum atomic E-state index is -0.413. The van der Waals surface area contributed by atoms with E-state index in [-0.39, 0.29) is 5.91 Å². The van der Waals surface area contributed by atoms with Gasteiger partial charge in [-0.1, -0.05) is 20.8 Å². The maximum absolute atomic E-state index is 12.2. The van der Waals surface area contributed by atoms with Crippen molar-refractivity contribution < 1.29 is 4.79 Å². The molecule has 1 aromatic rings. The number of carbonyl (C=O) groups is 1. The van der Waals surface area contributed by atoms with Gasteiger partial charge < -0.3 is 16.0 Å². The number of carbonyl (C=O) groups excluding carboxylic acids is 1. The number of amides is 1. The highest BCUT2D eigenvalue weighted by Crippen LogP contribution is 2.31. The molecular weight excluding hydrogens is 250 g/mol. The molecule has 110 valence electrons. The predicted molar refractivity (Wildman–Crippen MR) is 85.0 cm³/mol. The number of benzene rings is 1. The Morgan fingerprint density at radius 2 is 1.85 bits per heavy atom. The third-order valence-corrected chi connectivity index (χ3v) is 3.65. The lowest BCUT2D eigenvalue weighted by atomic mass is 9.95. The molecule has 1 aliphatic heterocycles. The van der Waals surface area contributed by atoms with Crippen molar-refractivity contribution in [3.8, 4) is 0 Å². The smallest absolute Gasteiger partial charge is 0.229 e. The molecule has 1 fully saturated rings. The zero-order chi connectivity index (χ0) is 14.8. The molecule has 4 nitrogen and oxygen atoms in total. The minimum absolute atomic E-state index is 0.0151. The van der Waals surface area contributed by atoms with E-state index in [1.807, 2.05) is 39.0 Å². The van der Waals surface area contributed by atoms with Crippen LogP contribution < -0.4 is 16.0 Å². The number of nitrogens with zero attached hydrogens (tertiary/aromatic N) is 1. The zero-order valence-corrected chi connectivity index (χ0v) is 12.7. The summed E-state index contributed by atoms with van der Waals surface area (Å²) in [6.45, 7) is 7.82. The Kier molecular flexibility index (Phi) is 4.21. The molecule has 0 radical (unpaired) electrons. The fraction of sp³-hybridized carbons (Fsp3) is 0.562. The molecule has 0 aromatic heterocycles. The molecule has 0 atom stereocenters. The van der Waals surface area contributed by atoms with Gasteiger partial charge in [-0.05, 0) is 37.5 Å². The first-order valence-electron chi connectivity index (χ1n) is 7.34. The molecule has 0 spiro atoms. The molecule has 3 N–H and O–H groups in total. The summed E-state index contributed by atoms with van der Waals surface area (Å²) in [4.78, 5) is 14.5. The van der Waals surface area contributed by atoms with Crippen LogP contribution in [0.5, 0.6) is 0 Å². The Bertz CT molecular complexity index is 485. The lowest BCUT2D eigenvalue weighted by Gasteiger charge is -2.31. The molecule has 1 aromatic carbocycles. The monoisotopic (exact) mass is 275 g/mol. The van der Waals surface area contributed by atoms with Gasteiger partial charge in [0.25, 0.3) is 0 Å². The molecule has 4 heteroatoms. The van der Waals surface area contributed by atoms with Crippen LogP contribution in [0.2, 0.25) is 0 Å². The average molecular weight is 275 g/mol. The maximum Gasteiger partial charge on any atom is 0.229 e. The summed E-state index contributed by atoms with van der Waals surface area (Å²) < 4.78 is 0. The quantitative estimate of drug-likeness (QED) is 0.815. The molecule has 1 saturated heterocycles. The molecule has 1 heterocycles. The van der Waals surface area contributed by atoms with E-state index in [4.69, 9.17) is 5.73 Å². The number of hydrogen-bond donors (Lipinski definition) is 2. The van der Waals surface area contributed by atoms with Crippen LogP contribution >= 0.6 is 0 Å². The van der Waals surface area contributed by atoms with Gasteiger partial charge in [-0.2, -0.15) is 0 Å². The second kappa shape index (κ2) is 5.73. The predicted octanol–water partition coefficient (Wildman–Crippen LogP) is 3.24. The third-order valence-electron chi connectivity index (χ3n) is 3.65. The van der Waals surface area contributed by atoms with Crippen LogP contribution in [-0.4, -0.2) is 19.0 Å². The van der Waals surface area contributed by atoms with E-state index in [0.717, 1.165) is 24.5 Å². The highest BCUT2D eigenvalue weighted by atomic mass is 16.2. The number of rotatable bonds is 2. The van der Waals surface area contributed by atoms with Crippen LogP contribution in [0.15, 0.2) is 18.2 Å². The largest absolute Gasteiger partial charge is 0.399 e. The van der Waals surface area contributed by atoms with Crippen LogP contribution in [0.4, 0.5) is 17.1 Å². The lowest BCUT2D eigenvalue weighted by Crippen LogP contribution is -2.32. The standard InChI is InChI=1S/C16H25N3O/c1-16(2,3)15(20)18-13-11-12(17)7-8-14(13)19-9-5-4-6-10-19/h7-8,11H,4-6,9-10,17H2,1-3H3,(H,18,20). The van der Waals surface area contributed by atoms with E-state index < -0.39 is 5.41 Å². The second-order valence-corrected chi connectivity index (χ2v) is 6.53. The first-order chi connectivity index (χ1) is 9.38. The van der Waals surface area contributed by atoms with Gasteiger partial charge in [-0.3, -0.25) is 4.79 Å². The van der Waals surface area contributed by atoms with Crippen molar-refractivity contribution in [2.24, 2.45) is 5.41 Å². The number of nitrogens with two attached hydrogens (primary N) is 1. The fourth-order valence-corrected chi connectivity index (χ4v) is 2.37. The van der Waals surface area contributed by atoms with Crippen molar-refractivity contribution >= 4 is 23.0 Å². The molecule has 0 aliphatic carbocycles. The second-order valence-electron chi connectivity index (χ2n) is 6.53. The van der Waals surface area contributed by atoms with Crippen molar-refractivity contribution in [3.63, 3.8) is 0 Å². The van der Waals surface area contributed by atoms with E-state index >= 15 is 0 Å². The number of hydrogen-bond acceptors (Lipinski definition) is 3. The van der Waals surface area contributed by atoms with Crippen molar-refractivity contribution in [2.75, 3.05) is 29.0 Å². The van der Waals surface area contributed by atoms with Crippen LogP contribution in [-0.2, 0) is 4.79 Å². The highest BCUT2D eigenvalue weighted by Gasteiger charge is 2.23. The summed E-state index contributed by atoms with van der Waals surface area (Å²) in [5.41, 5.74) is 8.04. The van der Waals surface area contributed by atoms with Gasteiger partial charge >= 0.3 is 0 Å². The van der Waals surface area contributed by atoms with Gasteiger partial charge in [-0.25, -0.2) is 0 Å². The van der Waals surface area contributed by atoms with Gasteiger partial charge in [0.15, 0.2) is 0 Å². The van der Waals surface area contributed by atoms with Crippen molar-refractivity contribution in [3.05, 3.63) is 18.2 Å². The lowest BCUT2D eigenvalue weighted by molar-refractivity contribution is -0.123. The molecule has 20 heavy (non-hydrogen) atoms. The molecule has 0 unspecified atom stereocenters. The summed E-state index contributed by atoms with van der Waals surface area (Å²) in [6.07, 6.45) is 3.70. The van der Waals surface area contributed by atoms with E-state index in [1.165, 1.54) is 19.3 Å².